The number of hydrogen-bond acceptors (Lipinski definition) is 2. The van der Waals surface area contributed by atoms with Crippen LogP contribution in [0.5, 0.6) is 0 Å². The second-order valence-electron chi connectivity index (χ2n) is 5.44. The highest BCUT2D eigenvalue weighted by Gasteiger charge is 2.32. The minimum absolute atomic E-state index is 0.236. The molecule has 18 heavy (non-hydrogen) atoms. The molecule has 4 heteroatoms. The van der Waals surface area contributed by atoms with Crippen molar-refractivity contribution in [3.63, 3.8) is 0 Å². The molecule has 2 saturated heterocycles. The number of likely N-dealkylation sites (tertiary alicyclic amines) is 2. The van der Waals surface area contributed by atoms with Crippen LogP contribution in [0.15, 0.2) is 0 Å². The van der Waals surface area contributed by atoms with Crippen molar-refractivity contribution in [2.75, 3.05) is 39.3 Å². The van der Waals surface area contributed by atoms with Gasteiger partial charge in [-0.15, -0.1) is 0 Å². The van der Waals surface area contributed by atoms with E-state index in [0.29, 0.717) is 6.04 Å². The summed E-state index contributed by atoms with van der Waals surface area (Å²) in [4.78, 5) is 18.8. The van der Waals surface area contributed by atoms with E-state index >= 15 is 0 Å². The normalized spacial score (nSPS) is 25.4. The van der Waals surface area contributed by atoms with Crippen molar-refractivity contribution >= 4 is 6.03 Å². The molecule has 0 aromatic heterocycles. The molecule has 0 N–H and O–H groups in total. The molecule has 104 valence electrons. The summed E-state index contributed by atoms with van der Waals surface area (Å²) in [5, 5.41) is 0. The molecule has 0 aliphatic carbocycles. The molecule has 4 nitrogen and oxygen atoms in total. The fourth-order valence-corrected chi connectivity index (χ4v) is 3.19. The molecule has 1 atom stereocenters. The van der Waals surface area contributed by atoms with Gasteiger partial charge in [0.1, 0.15) is 0 Å². The number of hydrogen-bond donors (Lipinski definition) is 0. The Morgan fingerprint density at radius 1 is 1.11 bits per heavy atom. The highest BCUT2D eigenvalue weighted by atomic mass is 16.2. The Kier molecular flexibility index (Phi) is 4.87. The Labute approximate surface area is 111 Å². The fourth-order valence-electron chi connectivity index (χ4n) is 3.19. The van der Waals surface area contributed by atoms with Crippen LogP contribution in [0.25, 0.3) is 0 Å². The standard InChI is InChI=1S/C14H27N3O/c1-3-15(4-2)14(18)17-11-8-13(12-17)16-9-6-5-7-10-16/h13H,3-12H2,1-2H3. The Bertz CT molecular complexity index is 272. The van der Waals surface area contributed by atoms with Crippen molar-refractivity contribution in [2.24, 2.45) is 0 Å². The van der Waals surface area contributed by atoms with Gasteiger partial charge in [-0.3, -0.25) is 4.90 Å². The van der Waals surface area contributed by atoms with Gasteiger partial charge in [0, 0.05) is 32.2 Å². The lowest BCUT2D eigenvalue weighted by Gasteiger charge is -2.32. The maximum atomic E-state index is 12.3. The molecule has 0 radical (unpaired) electrons. The predicted molar refractivity (Wildman–Crippen MR) is 73.7 cm³/mol. The van der Waals surface area contributed by atoms with E-state index in [4.69, 9.17) is 0 Å². The summed E-state index contributed by atoms with van der Waals surface area (Å²) >= 11 is 0. The molecule has 2 amide bonds. The number of amides is 2. The van der Waals surface area contributed by atoms with Crippen molar-refractivity contribution in [3.8, 4) is 0 Å². The third-order valence-electron chi connectivity index (χ3n) is 4.37. The van der Waals surface area contributed by atoms with Crippen LogP contribution in [-0.4, -0.2) is 66.0 Å². The van der Waals surface area contributed by atoms with E-state index in [9.17, 15) is 4.79 Å². The Balaban J connectivity index is 1.85. The maximum Gasteiger partial charge on any atom is 0.320 e. The van der Waals surface area contributed by atoms with Crippen LogP contribution in [0.1, 0.15) is 39.5 Å². The summed E-state index contributed by atoms with van der Waals surface area (Å²) in [6.07, 6.45) is 5.21. The van der Waals surface area contributed by atoms with Crippen LogP contribution in [0.3, 0.4) is 0 Å². The molecule has 1 unspecified atom stereocenters. The lowest BCUT2D eigenvalue weighted by atomic mass is 10.1. The van der Waals surface area contributed by atoms with Crippen LogP contribution >= 0.6 is 0 Å². The first kappa shape index (κ1) is 13.7. The van der Waals surface area contributed by atoms with Gasteiger partial charge in [0.15, 0.2) is 0 Å². The van der Waals surface area contributed by atoms with Gasteiger partial charge < -0.3 is 9.80 Å². The molecule has 0 aromatic carbocycles. The zero-order chi connectivity index (χ0) is 13.0. The van der Waals surface area contributed by atoms with Crippen LogP contribution < -0.4 is 0 Å². The van der Waals surface area contributed by atoms with Crippen LogP contribution in [-0.2, 0) is 0 Å². The first-order chi connectivity index (χ1) is 8.76. The summed E-state index contributed by atoms with van der Waals surface area (Å²) in [5.41, 5.74) is 0. The SMILES string of the molecule is CCN(CC)C(=O)N1CCC(N2CCCCC2)C1. The highest BCUT2D eigenvalue weighted by Crippen LogP contribution is 2.21. The van der Waals surface area contributed by atoms with Gasteiger partial charge in [-0.25, -0.2) is 4.79 Å². The van der Waals surface area contributed by atoms with Crippen LogP contribution in [0.4, 0.5) is 4.79 Å². The largest absolute Gasteiger partial charge is 0.325 e. The third kappa shape index (κ3) is 2.97. The molecule has 2 aliphatic rings. The van der Waals surface area contributed by atoms with Crippen molar-refractivity contribution in [2.45, 2.75) is 45.6 Å². The zero-order valence-corrected chi connectivity index (χ0v) is 11.9. The molecule has 0 saturated carbocycles. The number of carbonyl (C=O) groups excluding carboxylic acids is 1. The number of rotatable bonds is 3. The zero-order valence-electron chi connectivity index (χ0n) is 11.9. The maximum absolute atomic E-state index is 12.3. The van der Waals surface area contributed by atoms with Crippen LogP contribution in [0.2, 0.25) is 0 Å². The van der Waals surface area contributed by atoms with Crippen molar-refractivity contribution < 1.29 is 4.79 Å². The first-order valence-electron chi connectivity index (χ1n) is 7.54. The minimum Gasteiger partial charge on any atom is -0.325 e. The van der Waals surface area contributed by atoms with Crippen molar-refractivity contribution in [1.29, 1.82) is 0 Å². The molecule has 0 bridgehead atoms. The van der Waals surface area contributed by atoms with E-state index in [-0.39, 0.29) is 6.03 Å². The molecule has 2 fully saturated rings. The van der Waals surface area contributed by atoms with E-state index in [2.05, 4.69) is 18.7 Å². The highest BCUT2D eigenvalue weighted by molar-refractivity contribution is 5.74. The summed E-state index contributed by atoms with van der Waals surface area (Å²) in [6.45, 7) is 10.1. The van der Waals surface area contributed by atoms with Gasteiger partial charge in [-0.1, -0.05) is 6.42 Å². The van der Waals surface area contributed by atoms with Gasteiger partial charge in [0.25, 0.3) is 0 Å². The second kappa shape index (κ2) is 6.41. The van der Waals surface area contributed by atoms with E-state index < -0.39 is 0 Å². The van der Waals surface area contributed by atoms with E-state index in [1.807, 2.05) is 9.80 Å². The lowest BCUT2D eigenvalue weighted by Crippen LogP contribution is -2.45. The summed E-state index contributed by atoms with van der Waals surface area (Å²) in [5.74, 6) is 0. The molecule has 0 spiro atoms. The Morgan fingerprint density at radius 2 is 1.78 bits per heavy atom. The van der Waals surface area contributed by atoms with Gasteiger partial charge in [0.05, 0.1) is 0 Å². The average molecular weight is 253 g/mol. The van der Waals surface area contributed by atoms with Gasteiger partial charge in [0.2, 0.25) is 0 Å². The predicted octanol–water partition coefficient (Wildman–Crippen LogP) is 2.01. The van der Waals surface area contributed by atoms with Crippen molar-refractivity contribution in [3.05, 3.63) is 0 Å². The average Bonchev–Trinajstić information content (AvgIpc) is 2.90. The number of nitrogens with zero attached hydrogens (tertiary/aromatic N) is 3. The number of urea groups is 1. The molecular weight excluding hydrogens is 226 g/mol. The summed E-state index contributed by atoms with van der Waals surface area (Å²) in [7, 11) is 0. The monoisotopic (exact) mass is 253 g/mol. The molecule has 2 aliphatic heterocycles. The van der Waals surface area contributed by atoms with E-state index in [0.717, 1.165) is 32.6 Å². The smallest absolute Gasteiger partial charge is 0.320 e. The molecule has 2 rings (SSSR count). The van der Waals surface area contributed by atoms with Gasteiger partial charge in [-0.2, -0.15) is 0 Å². The molecule has 2 heterocycles. The Morgan fingerprint density at radius 3 is 2.39 bits per heavy atom. The van der Waals surface area contributed by atoms with Gasteiger partial charge in [-0.05, 0) is 46.2 Å². The van der Waals surface area contributed by atoms with E-state index in [1.54, 1.807) is 0 Å². The number of piperidine rings is 1. The van der Waals surface area contributed by atoms with E-state index in [1.165, 1.54) is 32.4 Å². The van der Waals surface area contributed by atoms with Crippen LogP contribution in [0, 0.1) is 0 Å². The third-order valence-corrected chi connectivity index (χ3v) is 4.37. The topological polar surface area (TPSA) is 26.8 Å². The quantitative estimate of drug-likeness (QED) is 0.769. The van der Waals surface area contributed by atoms with Gasteiger partial charge >= 0.3 is 6.03 Å². The fraction of sp³-hybridized carbons (Fsp3) is 0.929. The number of carbonyl (C=O) groups is 1. The second-order valence-corrected chi connectivity index (χ2v) is 5.44. The first-order valence-corrected chi connectivity index (χ1v) is 7.54. The summed E-state index contributed by atoms with van der Waals surface area (Å²) in [6, 6.07) is 0.851. The molecular formula is C14H27N3O. The van der Waals surface area contributed by atoms with Crippen molar-refractivity contribution in [1.82, 2.24) is 14.7 Å². The molecule has 0 aromatic rings. The lowest BCUT2D eigenvalue weighted by molar-refractivity contribution is 0.147. The summed E-state index contributed by atoms with van der Waals surface area (Å²) < 4.78 is 0. The minimum atomic E-state index is 0.236. The Hall–Kier alpha value is -0.770.